The van der Waals surface area contributed by atoms with Crippen LogP contribution in [0.2, 0.25) is 0 Å². The number of anilines is 1. The van der Waals surface area contributed by atoms with E-state index in [-0.39, 0.29) is 36.9 Å². The molecule has 2 aliphatic heterocycles. The molecule has 162 valence electrons. The third-order valence-electron chi connectivity index (χ3n) is 5.62. The van der Waals surface area contributed by atoms with E-state index >= 15 is 0 Å². The Balaban J connectivity index is 1.44. The summed E-state index contributed by atoms with van der Waals surface area (Å²) in [6.45, 7) is 4.09. The van der Waals surface area contributed by atoms with Gasteiger partial charge in [0.2, 0.25) is 11.8 Å². The fraction of sp³-hybridized carbons (Fsp3) is 0.409. The average molecular weight is 422 g/mol. The minimum absolute atomic E-state index is 0.0237. The Labute approximate surface area is 180 Å². The number of aryl methyl sites for hydroxylation is 1. The number of benzene rings is 1. The summed E-state index contributed by atoms with van der Waals surface area (Å²) in [5, 5.41) is 5.61. The molecule has 0 aliphatic carbocycles. The van der Waals surface area contributed by atoms with Crippen molar-refractivity contribution in [1.82, 2.24) is 25.1 Å². The smallest absolute Gasteiger partial charge is 0.259 e. The second kappa shape index (κ2) is 9.22. The van der Waals surface area contributed by atoms with Gasteiger partial charge < -0.3 is 15.5 Å². The van der Waals surface area contributed by atoms with Crippen molar-refractivity contribution in [2.24, 2.45) is 0 Å². The molecule has 31 heavy (non-hydrogen) atoms. The summed E-state index contributed by atoms with van der Waals surface area (Å²) in [4.78, 5) is 49.7. The number of nitrogens with one attached hydrogen (secondary N) is 2. The van der Waals surface area contributed by atoms with E-state index in [0.29, 0.717) is 42.4 Å². The molecule has 1 aromatic heterocycles. The number of carbonyl (C=O) groups is 3. The zero-order chi connectivity index (χ0) is 21.8. The number of hydrogen-bond donors (Lipinski definition) is 2. The van der Waals surface area contributed by atoms with Crippen molar-refractivity contribution in [2.75, 3.05) is 38.0 Å². The Hall–Kier alpha value is -3.33. The summed E-state index contributed by atoms with van der Waals surface area (Å²) in [5.41, 5.74) is 1.68. The monoisotopic (exact) mass is 422 g/mol. The number of para-hydroxylation sites is 1. The zero-order valence-electron chi connectivity index (χ0n) is 17.5. The first-order valence-corrected chi connectivity index (χ1v) is 10.5. The minimum Gasteiger partial charge on any atom is -0.354 e. The highest BCUT2D eigenvalue weighted by Gasteiger charge is 2.33. The largest absolute Gasteiger partial charge is 0.354 e. The van der Waals surface area contributed by atoms with E-state index in [4.69, 9.17) is 0 Å². The molecule has 2 aromatic rings. The molecule has 0 spiro atoms. The van der Waals surface area contributed by atoms with Gasteiger partial charge in [-0.25, -0.2) is 9.97 Å². The number of amides is 3. The second-order valence-corrected chi connectivity index (χ2v) is 7.85. The van der Waals surface area contributed by atoms with Crippen molar-refractivity contribution in [3.05, 3.63) is 53.6 Å². The summed E-state index contributed by atoms with van der Waals surface area (Å²) in [6.07, 6.45) is 3.18. The third-order valence-corrected chi connectivity index (χ3v) is 5.62. The molecule has 9 heteroatoms. The highest BCUT2D eigenvalue weighted by Crippen LogP contribution is 2.30. The molecule has 2 aliphatic rings. The second-order valence-electron chi connectivity index (χ2n) is 7.85. The normalized spacial score (nSPS) is 19.2. The van der Waals surface area contributed by atoms with Gasteiger partial charge in [-0.1, -0.05) is 18.2 Å². The fourth-order valence-corrected chi connectivity index (χ4v) is 4.03. The Kier molecular flexibility index (Phi) is 6.22. The molecule has 0 unspecified atom stereocenters. The van der Waals surface area contributed by atoms with Gasteiger partial charge in [0.25, 0.3) is 5.91 Å². The van der Waals surface area contributed by atoms with Crippen LogP contribution < -0.4 is 10.6 Å². The van der Waals surface area contributed by atoms with Crippen LogP contribution in [0.25, 0.3) is 0 Å². The van der Waals surface area contributed by atoms with Crippen LogP contribution in [0.5, 0.6) is 0 Å². The standard InChI is InChI=1S/C22H26N6O3/c1-15-17(22(31)26-16-6-3-2-4-7-16)12-24-21(25-15)18-8-5-10-28(18)20(30)14-27-11-9-23-19(29)13-27/h2-4,6-7,12,18H,5,8-11,13-14H2,1H3,(H,23,29)(H,26,31)/t18-/m1/s1. The van der Waals surface area contributed by atoms with Gasteiger partial charge in [-0.3, -0.25) is 19.3 Å². The predicted octanol–water partition coefficient (Wildman–Crippen LogP) is 1.13. The topological polar surface area (TPSA) is 108 Å². The number of carbonyl (C=O) groups excluding carboxylic acids is 3. The van der Waals surface area contributed by atoms with E-state index in [0.717, 1.165) is 12.8 Å². The van der Waals surface area contributed by atoms with Crippen LogP contribution in [-0.2, 0) is 9.59 Å². The molecule has 2 N–H and O–H groups in total. The quantitative estimate of drug-likeness (QED) is 0.748. The van der Waals surface area contributed by atoms with Crippen molar-refractivity contribution in [3.63, 3.8) is 0 Å². The third kappa shape index (κ3) is 4.88. The molecule has 1 atom stereocenters. The molecular weight excluding hydrogens is 396 g/mol. The minimum atomic E-state index is -0.266. The summed E-state index contributed by atoms with van der Waals surface area (Å²) in [7, 11) is 0. The van der Waals surface area contributed by atoms with Crippen molar-refractivity contribution < 1.29 is 14.4 Å². The van der Waals surface area contributed by atoms with E-state index in [2.05, 4.69) is 20.6 Å². The maximum absolute atomic E-state index is 12.9. The van der Waals surface area contributed by atoms with Crippen LogP contribution >= 0.6 is 0 Å². The molecule has 0 bridgehead atoms. The van der Waals surface area contributed by atoms with E-state index < -0.39 is 0 Å². The number of nitrogens with zero attached hydrogens (tertiary/aromatic N) is 4. The van der Waals surface area contributed by atoms with Gasteiger partial charge in [-0.05, 0) is 31.9 Å². The van der Waals surface area contributed by atoms with Crippen molar-refractivity contribution in [2.45, 2.75) is 25.8 Å². The van der Waals surface area contributed by atoms with Gasteiger partial charge in [-0.2, -0.15) is 0 Å². The molecule has 4 rings (SSSR count). The zero-order valence-corrected chi connectivity index (χ0v) is 17.5. The Morgan fingerprint density at radius 2 is 2.03 bits per heavy atom. The number of hydrogen-bond acceptors (Lipinski definition) is 6. The molecule has 3 heterocycles. The molecular formula is C22H26N6O3. The van der Waals surface area contributed by atoms with E-state index in [1.165, 1.54) is 6.20 Å². The average Bonchev–Trinajstić information content (AvgIpc) is 3.24. The van der Waals surface area contributed by atoms with E-state index in [1.807, 2.05) is 35.2 Å². The summed E-state index contributed by atoms with van der Waals surface area (Å²) in [5.74, 6) is 0.207. The predicted molar refractivity (Wildman–Crippen MR) is 114 cm³/mol. The number of rotatable bonds is 5. The molecule has 0 saturated carbocycles. The van der Waals surface area contributed by atoms with Crippen LogP contribution in [0, 0.1) is 6.92 Å². The molecule has 3 amide bonds. The van der Waals surface area contributed by atoms with E-state index in [1.54, 1.807) is 11.8 Å². The summed E-state index contributed by atoms with van der Waals surface area (Å²) < 4.78 is 0. The van der Waals surface area contributed by atoms with Crippen LogP contribution in [0.1, 0.15) is 40.8 Å². The lowest BCUT2D eigenvalue weighted by molar-refractivity contribution is -0.134. The molecule has 2 fully saturated rings. The van der Waals surface area contributed by atoms with Gasteiger partial charge in [-0.15, -0.1) is 0 Å². The van der Waals surface area contributed by atoms with Crippen LogP contribution in [-0.4, -0.2) is 70.2 Å². The van der Waals surface area contributed by atoms with Gasteiger partial charge in [0.15, 0.2) is 5.82 Å². The van der Waals surface area contributed by atoms with Crippen molar-refractivity contribution in [1.29, 1.82) is 0 Å². The van der Waals surface area contributed by atoms with Crippen molar-refractivity contribution in [3.8, 4) is 0 Å². The number of piperazine rings is 1. The first-order valence-electron chi connectivity index (χ1n) is 10.5. The molecule has 1 aromatic carbocycles. The maximum atomic E-state index is 12.9. The Bertz CT molecular complexity index is 980. The Morgan fingerprint density at radius 3 is 2.77 bits per heavy atom. The lowest BCUT2D eigenvalue weighted by Gasteiger charge is -2.30. The van der Waals surface area contributed by atoms with Crippen LogP contribution in [0.15, 0.2) is 36.5 Å². The summed E-state index contributed by atoms with van der Waals surface area (Å²) in [6, 6.07) is 9.00. The van der Waals surface area contributed by atoms with Gasteiger partial charge in [0.1, 0.15) is 0 Å². The van der Waals surface area contributed by atoms with Gasteiger partial charge in [0.05, 0.1) is 30.4 Å². The van der Waals surface area contributed by atoms with Crippen LogP contribution in [0.4, 0.5) is 5.69 Å². The van der Waals surface area contributed by atoms with Crippen molar-refractivity contribution >= 4 is 23.4 Å². The highest BCUT2D eigenvalue weighted by atomic mass is 16.2. The van der Waals surface area contributed by atoms with Crippen LogP contribution in [0.3, 0.4) is 0 Å². The molecule has 0 radical (unpaired) electrons. The number of likely N-dealkylation sites (tertiary alicyclic amines) is 1. The molecule has 2 saturated heterocycles. The highest BCUT2D eigenvalue weighted by molar-refractivity contribution is 6.04. The fourth-order valence-electron chi connectivity index (χ4n) is 4.03. The first-order chi connectivity index (χ1) is 15.0. The lowest BCUT2D eigenvalue weighted by Crippen LogP contribution is -2.51. The lowest BCUT2D eigenvalue weighted by atomic mass is 10.1. The SMILES string of the molecule is Cc1nc([C@H]2CCCN2C(=O)CN2CCNC(=O)C2)ncc1C(=O)Nc1ccccc1. The van der Waals surface area contributed by atoms with Gasteiger partial charge in [0, 0.05) is 31.5 Å². The first kappa shape index (κ1) is 20.9. The Morgan fingerprint density at radius 1 is 1.23 bits per heavy atom. The number of aromatic nitrogens is 2. The van der Waals surface area contributed by atoms with Gasteiger partial charge >= 0.3 is 0 Å². The molecule has 9 nitrogen and oxygen atoms in total. The maximum Gasteiger partial charge on any atom is 0.259 e. The summed E-state index contributed by atoms with van der Waals surface area (Å²) >= 11 is 0. The van der Waals surface area contributed by atoms with E-state index in [9.17, 15) is 14.4 Å².